The predicted molar refractivity (Wildman–Crippen MR) is 154 cm³/mol. The van der Waals surface area contributed by atoms with Crippen molar-refractivity contribution in [2.24, 2.45) is 16.9 Å². The minimum atomic E-state index is -3.67. The molecule has 0 spiro atoms. The number of sulfonamides is 1. The topological polar surface area (TPSA) is 128 Å². The van der Waals surface area contributed by atoms with E-state index in [0.29, 0.717) is 18.0 Å². The Morgan fingerprint density at radius 3 is 2.23 bits per heavy atom. The third-order valence-electron chi connectivity index (χ3n) is 7.65. The first kappa shape index (κ1) is 31.4. The summed E-state index contributed by atoms with van der Waals surface area (Å²) in [5.41, 5.74) is 3.34. The summed E-state index contributed by atoms with van der Waals surface area (Å²) in [6.07, 6.45) is 5.27. The third-order valence-corrected chi connectivity index (χ3v) is 10.6. The van der Waals surface area contributed by atoms with Gasteiger partial charge in [0.15, 0.2) is 5.17 Å². The lowest BCUT2D eigenvalue weighted by atomic mass is 9.85. The average molecular weight is 600 g/mol. The average Bonchev–Trinajstić information content (AvgIpc) is 3.35. The van der Waals surface area contributed by atoms with Crippen LogP contribution in [0.15, 0.2) is 34.3 Å². The number of amidine groups is 1. The molecule has 0 bridgehead atoms. The molecule has 1 saturated carbocycles. The van der Waals surface area contributed by atoms with Gasteiger partial charge in [0.2, 0.25) is 21.7 Å². The van der Waals surface area contributed by atoms with Gasteiger partial charge < -0.3 is 10.2 Å². The van der Waals surface area contributed by atoms with E-state index in [1.165, 1.54) is 16.1 Å². The largest absolute Gasteiger partial charge is 0.352 e. The lowest BCUT2D eigenvalue weighted by Crippen LogP contribution is -2.54. The second kappa shape index (κ2) is 14.0. The van der Waals surface area contributed by atoms with Gasteiger partial charge in [0.1, 0.15) is 6.04 Å². The highest BCUT2D eigenvalue weighted by Gasteiger charge is 2.39. The first-order chi connectivity index (χ1) is 18.2. The number of piperidine rings is 1. The Hall–Kier alpha value is -2.15. The number of Topliss-reactive ketones (excluding diaryl/α,β-unsaturated/α-hetero) is 1. The van der Waals surface area contributed by atoms with Crippen molar-refractivity contribution in [2.75, 3.05) is 32.4 Å². The highest BCUT2D eigenvalue weighted by molar-refractivity contribution is 8.14. The van der Waals surface area contributed by atoms with Crippen LogP contribution in [0.1, 0.15) is 50.5 Å². The molecule has 1 aromatic rings. The summed E-state index contributed by atoms with van der Waals surface area (Å²) in [6, 6.07) is 5.69. The van der Waals surface area contributed by atoms with Gasteiger partial charge in [0, 0.05) is 38.4 Å². The molecule has 13 heteroatoms. The van der Waals surface area contributed by atoms with Crippen molar-refractivity contribution in [3.05, 3.63) is 29.8 Å². The Bertz CT molecular complexity index is 1160. The molecule has 0 aromatic heterocycles. The molecule has 1 aromatic carbocycles. The smallest absolute Gasteiger partial charge is 0.309 e. The number of halogens is 1. The number of carbonyl (C=O) groups is 3. The van der Waals surface area contributed by atoms with Gasteiger partial charge in [-0.1, -0.05) is 48.7 Å². The fourth-order valence-corrected chi connectivity index (χ4v) is 7.67. The molecule has 3 aliphatic rings. The van der Waals surface area contributed by atoms with Gasteiger partial charge in [-0.3, -0.25) is 14.4 Å². The Morgan fingerprint density at radius 2 is 1.64 bits per heavy atom. The zero-order valence-electron chi connectivity index (χ0n) is 22.4. The van der Waals surface area contributed by atoms with E-state index in [0.717, 1.165) is 50.0 Å². The molecular weight excluding hydrogens is 562 g/mol. The van der Waals surface area contributed by atoms with E-state index >= 15 is 0 Å². The molecule has 2 saturated heterocycles. The highest BCUT2D eigenvalue weighted by atomic mass is 35.5. The summed E-state index contributed by atoms with van der Waals surface area (Å²) >= 11 is 1.49. The third kappa shape index (κ3) is 7.74. The molecule has 4 rings (SSSR count). The Balaban J connectivity index is 0.00000420. The summed E-state index contributed by atoms with van der Waals surface area (Å²) < 4.78 is 27.7. The molecule has 1 unspecified atom stereocenters. The van der Waals surface area contributed by atoms with Crippen molar-refractivity contribution >= 4 is 57.0 Å². The SMILES string of the molecule is Cc1ccc(S(=O)(=O)N2CCC(C(NC(=O)C3CCCCC3)C(=O)C(=O)NN=C3SCCN3C)CC2)cc1.Cl. The number of thioether (sulfide) groups is 1. The molecule has 2 N–H and O–H groups in total. The highest BCUT2D eigenvalue weighted by Crippen LogP contribution is 2.28. The fourth-order valence-electron chi connectivity index (χ4n) is 5.23. The van der Waals surface area contributed by atoms with E-state index in [4.69, 9.17) is 0 Å². The molecule has 0 radical (unpaired) electrons. The lowest BCUT2D eigenvalue weighted by molar-refractivity contribution is -0.141. The van der Waals surface area contributed by atoms with E-state index in [1.54, 1.807) is 24.3 Å². The second-order valence-corrected chi connectivity index (χ2v) is 13.3. The molecule has 39 heavy (non-hydrogen) atoms. The summed E-state index contributed by atoms with van der Waals surface area (Å²) in [5.74, 6) is -1.51. The lowest BCUT2D eigenvalue weighted by Gasteiger charge is -2.35. The number of amides is 2. The van der Waals surface area contributed by atoms with Crippen molar-refractivity contribution < 1.29 is 22.8 Å². The van der Waals surface area contributed by atoms with Gasteiger partial charge in [0.25, 0.3) is 0 Å². The molecule has 3 fully saturated rings. The number of hydrogen-bond donors (Lipinski definition) is 2. The fraction of sp³-hybridized carbons (Fsp3) is 0.615. The molecular formula is C26H38ClN5O5S2. The van der Waals surface area contributed by atoms with E-state index in [2.05, 4.69) is 15.8 Å². The molecule has 1 atom stereocenters. The maximum atomic E-state index is 13.3. The van der Waals surface area contributed by atoms with E-state index in [9.17, 15) is 22.8 Å². The molecule has 1 aliphatic carbocycles. The summed E-state index contributed by atoms with van der Waals surface area (Å²) in [5, 5.41) is 7.60. The van der Waals surface area contributed by atoms with E-state index < -0.39 is 27.8 Å². The zero-order chi connectivity index (χ0) is 27.3. The second-order valence-electron chi connectivity index (χ2n) is 10.3. The van der Waals surface area contributed by atoms with Crippen LogP contribution < -0.4 is 10.7 Å². The Morgan fingerprint density at radius 1 is 1.00 bits per heavy atom. The molecule has 10 nitrogen and oxygen atoms in total. The molecule has 2 heterocycles. The number of benzene rings is 1. The van der Waals surface area contributed by atoms with Gasteiger partial charge in [0.05, 0.1) is 4.90 Å². The van der Waals surface area contributed by atoms with Crippen LogP contribution in [0.2, 0.25) is 0 Å². The maximum Gasteiger partial charge on any atom is 0.309 e. The first-order valence-corrected chi connectivity index (χ1v) is 15.7. The van der Waals surface area contributed by atoms with E-state index in [1.807, 2.05) is 18.9 Å². The Kier molecular flexibility index (Phi) is 11.2. The summed E-state index contributed by atoms with van der Waals surface area (Å²) in [7, 11) is -1.81. The van der Waals surface area contributed by atoms with Crippen LogP contribution in [0.5, 0.6) is 0 Å². The number of nitrogens with zero attached hydrogens (tertiary/aromatic N) is 3. The number of hydrazone groups is 1. The van der Waals surface area contributed by atoms with Gasteiger partial charge in [-0.15, -0.1) is 17.5 Å². The Labute approximate surface area is 241 Å². The predicted octanol–water partition coefficient (Wildman–Crippen LogP) is 2.52. The van der Waals surface area contributed by atoms with Crippen LogP contribution in [-0.4, -0.2) is 78.9 Å². The molecule has 2 aliphatic heterocycles. The molecule has 2 amide bonds. The van der Waals surface area contributed by atoms with Gasteiger partial charge >= 0.3 is 5.91 Å². The van der Waals surface area contributed by atoms with Crippen LogP contribution in [0.25, 0.3) is 0 Å². The monoisotopic (exact) mass is 599 g/mol. The number of rotatable bonds is 8. The van der Waals surface area contributed by atoms with Crippen LogP contribution in [0.3, 0.4) is 0 Å². The van der Waals surface area contributed by atoms with Crippen molar-refractivity contribution in [3.8, 4) is 0 Å². The van der Waals surface area contributed by atoms with Crippen LogP contribution in [0.4, 0.5) is 0 Å². The van der Waals surface area contributed by atoms with Crippen molar-refractivity contribution in [2.45, 2.75) is 62.8 Å². The van der Waals surface area contributed by atoms with Crippen molar-refractivity contribution in [1.82, 2.24) is 19.9 Å². The minimum absolute atomic E-state index is 0. The minimum Gasteiger partial charge on any atom is -0.352 e. The van der Waals surface area contributed by atoms with Gasteiger partial charge in [-0.25, -0.2) is 13.8 Å². The number of nitrogens with one attached hydrogen (secondary N) is 2. The van der Waals surface area contributed by atoms with Crippen molar-refractivity contribution in [1.29, 1.82) is 0 Å². The summed E-state index contributed by atoms with van der Waals surface area (Å²) in [6.45, 7) is 3.11. The first-order valence-electron chi connectivity index (χ1n) is 13.3. The van der Waals surface area contributed by atoms with E-state index in [-0.39, 0.29) is 48.1 Å². The number of aryl methyl sites for hydroxylation is 1. The van der Waals surface area contributed by atoms with Crippen LogP contribution >= 0.6 is 24.2 Å². The summed E-state index contributed by atoms with van der Waals surface area (Å²) in [4.78, 5) is 41.4. The number of ketones is 1. The maximum absolute atomic E-state index is 13.3. The number of carbonyl (C=O) groups excluding carboxylic acids is 3. The number of hydrogen-bond acceptors (Lipinski definition) is 7. The molecule has 216 valence electrons. The quantitative estimate of drug-likeness (QED) is 0.347. The van der Waals surface area contributed by atoms with Gasteiger partial charge in [-0.2, -0.15) is 4.31 Å². The van der Waals surface area contributed by atoms with Crippen LogP contribution in [-0.2, 0) is 24.4 Å². The van der Waals surface area contributed by atoms with Crippen LogP contribution in [0, 0.1) is 18.8 Å². The normalized spacial score (nSPS) is 21.3. The van der Waals surface area contributed by atoms with Gasteiger partial charge in [-0.05, 0) is 50.7 Å². The standard InChI is InChI=1S/C26H37N5O5S2.ClH/c1-18-8-10-21(11-9-18)38(35,36)31-14-12-19(13-15-31)22(27-24(33)20-6-4-3-5-7-20)23(32)25(34)28-29-26-30(2)16-17-37-26;/h8-11,19-20,22H,3-7,12-17H2,1-2H3,(H,27,33)(H,28,34);1H. The van der Waals surface area contributed by atoms with Crippen molar-refractivity contribution in [3.63, 3.8) is 0 Å². The zero-order valence-corrected chi connectivity index (χ0v) is 24.9.